The van der Waals surface area contributed by atoms with E-state index in [0.717, 1.165) is 22.5 Å². The van der Waals surface area contributed by atoms with Crippen molar-refractivity contribution < 1.29 is 14.3 Å². The number of anilines is 2. The fraction of sp³-hybridized carbons (Fsp3) is 0.321. The summed E-state index contributed by atoms with van der Waals surface area (Å²) in [6.45, 7) is 6.62. The van der Waals surface area contributed by atoms with Gasteiger partial charge in [-0.2, -0.15) is 0 Å². The van der Waals surface area contributed by atoms with E-state index in [1.54, 1.807) is 11.9 Å². The number of nitrogens with zero attached hydrogens (tertiary/aromatic N) is 1. The van der Waals surface area contributed by atoms with Crippen LogP contribution in [-0.4, -0.2) is 30.2 Å². The van der Waals surface area contributed by atoms with Gasteiger partial charge in [-0.3, -0.25) is 0 Å². The molecule has 5 nitrogen and oxygen atoms in total. The lowest BCUT2D eigenvalue weighted by atomic mass is 10.1. The first-order valence-electron chi connectivity index (χ1n) is 11.3. The van der Waals surface area contributed by atoms with Gasteiger partial charge in [0.2, 0.25) is 0 Å². The van der Waals surface area contributed by atoms with Crippen LogP contribution in [0.5, 0.6) is 0 Å². The van der Waals surface area contributed by atoms with E-state index >= 15 is 0 Å². The van der Waals surface area contributed by atoms with Crippen LogP contribution in [0.3, 0.4) is 0 Å². The number of benzene rings is 3. The van der Waals surface area contributed by atoms with Crippen molar-refractivity contribution in [2.45, 2.75) is 45.5 Å². The highest BCUT2D eigenvalue weighted by Gasteiger charge is 2.21. The standard InChI is InChI=1S/C28H34N2O3/c1-28(2,3)33-27(31)30(4)19-18-26(23-13-7-5-8-14-23)32-21-22-12-11-17-25(20-22)29-24-15-9-6-10-16-24/h5-17,20,26,29H,18-19,21H2,1-4H3. The van der Waals surface area contributed by atoms with Crippen molar-refractivity contribution in [3.05, 3.63) is 96.1 Å². The second-order valence-electron chi connectivity index (χ2n) is 9.09. The van der Waals surface area contributed by atoms with E-state index in [-0.39, 0.29) is 12.2 Å². The number of hydrogen-bond acceptors (Lipinski definition) is 4. The second kappa shape index (κ2) is 11.5. The third kappa shape index (κ3) is 8.28. The number of hydrogen-bond donors (Lipinski definition) is 1. The molecule has 0 heterocycles. The van der Waals surface area contributed by atoms with Crippen LogP contribution in [0.4, 0.5) is 16.2 Å². The number of nitrogens with one attached hydrogen (secondary N) is 1. The number of rotatable bonds is 9. The lowest BCUT2D eigenvalue weighted by Crippen LogP contribution is -2.35. The van der Waals surface area contributed by atoms with Gasteiger partial charge in [0, 0.05) is 25.0 Å². The highest BCUT2D eigenvalue weighted by Crippen LogP contribution is 2.25. The molecule has 1 N–H and O–H groups in total. The molecule has 1 amide bonds. The minimum Gasteiger partial charge on any atom is -0.444 e. The van der Waals surface area contributed by atoms with Gasteiger partial charge in [0.25, 0.3) is 0 Å². The van der Waals surface area contributed by atoms with E-state index < -0.39 is 5.60 Å². The maximum atomic E-state index is 12.3. The molecule has 3 aromatic carbocycles. The summed E-state index contributed by atoms with van der Waals surface area (Å²) in [6, 6.07) is 28.4. The Hall–Kier alpha value is -3.31. The fourth-order valence-electron chi connectivity index (χ4n) is 3.38. The molecule has 3 rings (SSSR count). The van der Waals surface area contributed by atoms with Gasteiger partial charge >= 0.3 is 6.09 Å². The number of carbonyl (C=O) groups is 1. The van der Waals surface area contributed by atoms with Gasteiger partial charge in [-0.05, 0) is 62.6 Å². The Morgan fingerprint density at radius 2 is 1.55 bits per heavy atom. The Labute approximate surface area is 197 Å². The van der Waals surface area contributed by atoms with Crippen molar-refractivity contribution >= 4 is 17.5 Å². The van der Waals surface area contributed by atoms with Gasteiger partial charge in [0.15, 0.2) is 0 Å². The Morgan fingerprint density at radius 3 is 2.21 bits per heavy atom. The number of para-hydroxylation sites is 1. The minimum atomic E-state index is -0.514. The highest BCUT2D eigenvalue weighted by molar-refractivity contribution is 5.67. The molecule has 5 heteroatoms. The van der Waals surface area contributed by atoms with Crippen molar-refractivity contribution in [1.82, 2.24) is 4.90 Å². The molecule has 3 aromatic rings. The zero-order valence-electron chi connectivity index (χ0n) is 20.0. The summed E-state index contributed by atoms with van der Waals surface area (Å²) in [6.07, 6.45) is 0.206. The molecule has 174 valence electrons. The first-order chi connectivity index (χ1) is 15.8. The molecule has 0 spiro atoms. The Kier molecular flexibility index (Phi) is 8.50. The molecular formula is C28H34N2O3. The normalized spacial score (nSPS) is 12.1. The molecule has 0 aliphatic rings. The smallest absolute Gasteiger partial charge is 0.410 e. The van der Waals surface area contributed by atoms with E-state index in [4.69, 9.17) is 9.47 Å². The van der Waals surface area contributed by atoms with Crippen LogP contribution in [0.25, 0.3) is 0 Å². The fourth-order valence-corrected chi connectivity index (χ4v) is 3.38. The molecule has 1 atom stereocenters. The first kappa shape index (κ1) is 24.3. The van der Waals surface area contributed by atoms with Crippen LogP contribution in [0.15, 0.2) is 84.9 Å². The van der Waals surface area contributed by atoms with Crippen LogP contribution in [0.2, 0.25) is 0 Å². The van der Waals surface area contributed by atoms with Gasteiger partial charge in [0.1, 0.15) is 5.60 Å². The summed E-state index contributed by atoms with van der Waals surface area (Å²) < 4.78 is 11.8. The highest BCUT2D eigenvalue weighted by atomic mass is 16.6. The van der Waals surface area contributed by atoms with Crippen LogP contribution >= 0.6 is 0 Å². The topological polar surface area (TPSA) is 50.8 Å². The van der Waals surface area contributed by atoms with Crippen molar-refractivity contribution in [2.75, 3.05) is 18.9 Å². The van der Waals surface area contributed by atoms with E-state index in [0.29, 0.717) is 19.6 Å². The van der Waals surface area contributed by atoms with Crippen molar-refractivity contribution in [1.29, 1.82) is 0 Å². The molecule has 0 radical (unpaired) electrons. The quantitative estimate of drug-likeness (QED) is 0.387. The zero-order chi connectivity index (χ0) is 23.7. The molecule has 0 saturated carbocycles. The molecule has 0 fully saturated rings. The van der Waals surface area contributed by atoms with Gasteiger partial charge in [-0.25, -0.2) is 4.79 Å². The van der Waals surface area contributed by atoms with E-state index in [1.165, 1.54) is 0 Å². The van der Waals surface area contributed by atoms with Crippen LogP contribution in [0, 0.1) is 0 Å². The van der Waals surface area contributed by atoms with E-state index in [9.17, 15) is 4.79 Å². The summed E-state index contributed by atoms with van der Waals surface area (Å²) in [5, 5.41) is 3.42. The monoisotopic (exact) mass is 446 g/mol. The Morgan fingerprint density at radius 1 is 0.909 bits per heavy atom. The maximum absolute atomic E-state index is 12.3. The molecule has 1 unspecified atom stereocenters. The molecule has 0 aliphatic carbocycles. The van der Waals surface area contributed by atoms with Crippen molar-refractivity contribution in [2.24, 2.45) is 0 Å². The van der Waals surface area contributed by atoms with Crippen LogP contribution in [0.1, 0.15) is 44.4 Å². The van der Waals surface area contributed by atoms with Gasteiger partial charge < -0.3 is 19.7 Å². The van der Waals surface area contributed by atoms with E-state index in [2.05, 4.69) is 29.6 Å². The Balaban J connectivity index is 1.63. The second-order valence-corrected chi connectivity index (χ2v) is 9.09. The minimum absolute atomic E-state index is 0.137. The number of ether oxygens (including phenoxy) is 2. The summed E-state index contributed by atoms with van der Waals surface area (Å²) in [5.41, 5.74) is 3.72. The predicted molar refractivity (Wildman–Crippen MR) is 134 cm³/mol. The molecule has 33 heavy (non-hydrogen) atoms. The summed E-state index contributed by atoms with van der Waals surface area (Å²) in [4.78, 5) is 13.9. The van der Waals surface area contributed by atoms with Crippen LogP contribution in [-0.2, 0) is 16.1 Å². The largest absolute Gasteiger partial charge is 0.444 e. The average molecular weight is 447 g/mol. The lowest BCUT2D eigenvalue weighted by Gasteiger charge is -2.26. The third-order valence-corrected chi connectivity index (χ3v) is 5.04. The molecule has 0 aliphatic heterocycles. The van der Waals surface area contributed by atoms with Crippen molar-refractivity contribution in [3.63, 3.8) is 0 Å². The van der Waals surface area contributed by atoms with Gasteiger partial charge in [-0.1, -0.05) is 60.7 Å². The number of amides is 1. The average Bonchev–Trinajstić information content (AvgIpc) is 2.79. The molecular weight excluding hydrogens is 412 g/mol. The van der Waals surface area contributed by atoms with Gasteiger partial charge in [0.05, 0.1) is 12.7 Å². The maximum Gasteiger partial charge on any atom is 0.410 e. The summed E-state index contributed by atoms with van der Waals surface area (Å²) in [7, 11) is 1.76. The van der Waals surface area contributed by atoms with Gasteiger partial charge in [-0.15, -0.1) is 0 Å². The summed E-state index contributed by atoms with van der Waals surface area (Å²) in [5.74, 6) is 0. The zero-order valence-corrected chi connectivity index (χ0v) is 20.0. The van der Waals surface area contributed by atoms with Crippen LogP contribution < -0.4 is 5.32 Å². The lowest BCUT2D eigenvalue weighted by molar-refractivity contribution is 0.0138. The number of carbonyl (C=O) groups excluding carboxylic acids is 1. The molecule has 0 bridgehead atoms. The third-order valence-electron chi connectivity index (χ3n) is 5.04. The summed E-state index contributed by atoms with van der Waals surface area (Å²) >= 11 is 0. The van der Waals surface area contributed by atoms with E-state index in [1.807, 2.05) is 81.4 Å². The Bertz CT molecular complexity index is 1000. The SMILES string of the molecule is CN(CCC(OCc1cccc(Nc2ccccc2)c1)c1ccccc1)C(=O)OC(C)(C)C. The van der Waals surface area contributed by atoms with Crippen molar-refractivity contribution in [3.8, 4) is 0 Å². The predicted octanol–water partition coefficient (Wildman–Crippen LogP) is 6.95. The first-order valence-corrected chi connectivity index (χ1v) is 11.3. The molecule has 0 aromatic heterocycles. The molecule has 0 saturated heterocycles.